The minimum Gasteiger partial charge on any atom is -0.462 e. The van der Waals surface area contributed by atoms with E-state index >= 15 is 0 Å². The zero-order chi connectivity index (χ0) is 21.3. The van der Waals surface area contributed by atoms with Crippen LogP contribution in [0.2, 0.25) is 0 Å². The lowest BCUT2D eigenvalue weighted by atomic mass is 9.95. The number of aromatic amines is 1. The number of H-pyrrole nitrogens is 1. The smallest absolute Gasteiger partial charge is 0.343 e. The lowest BCUT2D eigenvalue weighted by molar-refractivity contribution is 0.0524. The second-order valence-electron chi connectivity index (χ2n) is 7.05. The lowest BCUT2D eigenvalue weighted by Crippen LogP contribution is -2.20. The third kappa shape index (κ3) is 3.41. The summed E-state index contributed by atoms with van der Waals surface area (Å²) in [4.78, 5) is 25.5. The molecule has 2 aromatic heterocycles. The monoisotopic (exact) mass is 404 g/mol. The van der Waals surface area contributed by atoms with Gasteiger partial charge in [-0.2, -0.15) is 0 Å². The number of rotatable bonds is 5. The molecule has 0 bridgehead atoms. The Morgan fingerprint density at radius 2 is 1.87 bits per heavy atom. The fourth-order valence-electron chi connectivity index (χ4n) is 3.68. The van der Waals surface area contributed by atoms with Gasteiger partial charge in [0.2, 0.25) is 5.43 Å². The molecule has 0 unspecified atom stereocenters. The molecule has 0 spiro atoms. The Bertz CT molecular complexity index is 1290. The Labute approximate surface area is 172 Å². The van der Waals surface area contributed by atoms with Crippen LogP contribution in [-0.4, -0.2) is 22.2 Å². The van der Waals surface area contributed by atoms with Crippen molar-refractivity contribution in [2.24, 2.45) is 0 Å². The SMILES string of the molecule is CCOC(=O)c1c[nH]n2cc(Cc3cccc(F)c3C)c(-c3ccccc3)c2c1=O. The van der Waals surface area contributed by atoms with Gasteiger partial charge in [0.05, 0.1) is 6.61 Å². The van der Waals surface area contributed by atoms with Crippen LogP contribution in [0.25, 0.3) is 16.6 Å². The highest BCUT2D eigenvalue weighted by molar-refractivity contribution is 5.93. The number of nitrogens with zero attached hydrogens (tertiary/aromatic N) is 1. The molecule has 152 valence electrons. The van der Waals surface area contributed by atoms with Crippen molar-refractivity contribution in [3.05, 3.63) is 99.2 Å². The summed E-state index contributed by atoms with van der Waals surface area (Å²) in [6, 6.07) is 14.5. The van der Waals surface area contributed by atoms with Crippen molar-refractivity contribution in [2.45, 2.75) is 20.3 Å². The van der Waals surface area contributed by atoms with E-state index in [0.29, 0.717) is 23.1 Å². The maximum absolute atomic E-state index is 14.1. The molecule has 5 nitrogen and oxygen atoms in total. The van der Waals surface area contributed by atoms with E-state index in [-0.39, 0.29) is 18.0 Å². The van der Waals surface area contributed by atoms with Gasteiger partial charge in [-0.15, -0.1) is 0 Å². The second-order valence-corrected chi connectivity index (χ2v) is 7.05. The lowest BCUT2D eigenvalue weighted by Gasteiger charge is -2.09. The molecule has 6 heteroatoms. The van der Waals surface area contributed by atoms with Crippen molar-refractivity contribution in [2.75, 3.05) is 6.61 Å². The number of halogens is 1. The minimum absolute atomic E-state index is 0.0480. The first kappa shape index (κ1) is 19.6. The molecule has 2 heterocycles. The summed E-state index contributed by atoms with van der Waals surface area (Å²) in [5.41, 5.74) is 3.72. The zero-order valence-corrected chi connectivity index (χ0v) is 16.7. The minimum atomic E-state index is -0.663. The Kier molecular flexibility index (Phi) is 5.23. The van der Waals surface area contributed by atoms with E-state index in [2.05, 4.69) is 5.10 Å². The Morgan fingerprint density at radius 3 is 2.60 bits per heavy atom. The first-order valence-electron chi connectivity index (χ1n) is 9.73. The van der Waals surface area contributed by atoms with E-state index in [9.17, 15) is 14.0 Å². The second kappa shape index (κ2) is 7.99. The molecule has 30 heavy (non-hydrogen) atoms. The molecular weight excluding hydrogens is 383 g/mol. The first-order chi connectivity index (χ1) is 14.5. The van der Waals surface area contributed by atoms with Crippen LogP contribution in [0.5, 0.6) is 0 Å². The number of fused-ring (bicyclic) bond motifs is 1. The number of carbonyl (C=O) groups excluding carboxylic acids is 1. The van der Waals surface area contributed by atoms with Gasteiger partial charge >= 0.3 is 5.97 Å². The molecule has 0 aliphatic carbocycles. The number of nitrogens with one attached hydrogen (secondary N) is 1. The van der Waals surface area contributed by atoms with Crippen molar-refractivity contribution < 1.29 is 13.9 Å². The summed E-state index contributed by atoms with van der Waals surface area (Å²) in [5.74, 6) is -0.929. The van der Waals surface area contributed by atoms with Crippen molar-refractivity contribution in [1.82, 2.24) is 9.61 Å². The first-order valence-corrected chi connectivity index (χ1v) is 9.73. The maximum Gasteiger partial charge on any atom is 0.343 e. The predicted octanol–water partition coefficient (Wildman–Crippen LogP) is 4.51. The molecule has 0 saturated heterocycles. The van der Waals surface area contributed by atoms with E-state index < -0.39 is 11.4 Å². The molecule has 4 aromatic rings. The largest absolute Gasteiger partial charge is 0.462 e. The molecule has 0 aliphatic rings. The number of ether oxygens (including phenoxy) is 1. The van der Waals surface area contributed by atoms with Gasteiger partial charge < -0.3 is 9.84 Å². The number of aromatic nitrogens is 2. The van der Waals surface area contributed by atoms with Crippen molar-refractivity contribution >= 4 is 11.5 Å². The van der Waals surface area contributed by atoms with Crippen molar-refractivity contribution in [3.8, 4) is 11.1 Å². The highest BCUT2D eigenvalue weighted by Gasteiger charge is 2.21. The number of hydrogen-bond acceptors (Lipinski definition) is 3. The van der Waals surface area contributed by atoms with Crippen LogP contribution in [0.15, 0.2) is 65.7 Å². The molecule has 0 aliphatic heterocycles. The molecular formula is C24H21FN2O3. The van der Waals surface area contributed by atoms with Crippen LogP contribution < -0.4 is 5.43 Å². The predicted molar refractivity (Wildman–Crippen MR) is 113 cm³/mol. The van der Waals surface area contributed by atoms with E-state index in [0.717, 1.165) is 16.7 Å². The van der Waals surface area contributed by atoms with Gasteiger partial charge in [0.25, 0.3) is 0 Å². The Hall–Kier alpha value is -3.67. The third-order valence-electron chi connectivity index (χ3n) is 5.21. The van der Waals surface area contributed by atoms with Gasteiger partial charge in [-0.25, -0.2) is 9.18 Å². The quantitative estimate of drug-likeness (QED) is 0.498. The summed E-state index contributed by atoms with van der Waals surface area (Å²) in [6.45, 7) is 3.61. The molecule has 0 amide bonds. The summed E-state index contributed by atoms with van der Waals surface area (Å²) < 4.78 is 20.7. The number of esters is 1. The van der Waals surface area contributed by atoms with Crippen LogP contribution in [0.4, 0.5) is 4.39 Å². The molecule has 0 atom stereocenters. The number of benzene rings is 2. The standard InChI is InChI=1S/C24H21FN2O3/c1-3-30-24(29)19-13-26-27-14-18(12-17-10-7-11-20(25)15(17)2)21(22(27)23(19)28)16-8-5-4-6-9-16/h4-11,13-14,26H,3,12H2,1-2H3. The molecule has 4 rings (SSSR count). The summed E-state index contributed by atoms with van der Waals surface area (Å²) >= 11 is 0. The van der Waals surface area contributed by atoms with Gasteiger partial charge in [-0.05, 0) is 42.2 Å². The van der Waals surface area contributed by atoms with Gasteiger partial charge in [-0.1, -0.05) is 42.5 Å². The van der Waals surface area contributed by atoms with E-state index in [1.54, 1.807) is 24.4 Å². The molecule has 1 N–H and O–H groups in total. The van der Waals surface area contributed by atoms with E-state index in [1.165, 1.54) is 12.3 Å². The normalized spacial score (nSPS) is 11.0. The summed E-state index contributed by atoms with van der Waals surface area (Å²) in [7, 11) is 0. The summed E-state index contributed by atoms with van der Waals surface area (Å²) in [6.07, 6.45) is 3.62. The average molecular weight is 404 g/mol. The molecule has 0 radical (unpaired) electrons. The van der Waals surface area contributed by atoms with Crippen LogP contribution in [0.3, 0.4) is 0 Å². The van der Waals surface area contributed by atoms with Crippen LogP contribution in [0, 0.1) is 12.7 Å². The van der Waals surface area contributed by atoms with Gasteiger partial charge in [-0.3, -0.25) is 9.31 Å². The average Bonchev–Trinajstić information content (AvgIpc) is 3.11. The topological polar surface area (TPSA) is 63.6 Å². The molecule has 0 saturated carbocycles. The van der Waals surface area contributed by atoms with Crippen molar-refractivity contribution in [1.29, 1.82) is 0 Å². The maximum atomic E-state index is 14.1. The Morgan fingerprint density at radius 1 is 1.10 bits per heavy atom. The van der Waals surface area contributed by atoms with Gasteiger partial charge in [0, 0.05) is 24.4 Å². The number of carbonyl (C=O) groups is 1. The summed E-state index contributed by atoms with van der Waals surface area (Å²) in [5, 5.41) is 2.98. The van der Waals surface area contributed by atoms with E-state index in [4.69, 9.17) is 4.74 Å². The molecule has 0 fully saturated rings. The highest BCUT2D eigenvalue weighted by Crippen LogP contribution is 2.31. The van der Waals surface area contributed by atoms with Crippen LogP contribution in [0.1, 0.15) is 34.0 Å². The van der Waals surface area contributed by atoms with Crippen molar-refractivity contribution in [3.63, 3.8) is 0 Å². The molecule has 2 aromatic carbocycles. The van der Waals surface area contributed by atoms with Crippen LogP contribution >= 0.6 is 0 Å². The number of hydrogen-bond donors (Lipinski definition) is 1. The third-order valence-corrected chi connectivity index (χ3v) is 5.21. The van der Waals surface area contributed by atoms with Crippen LogP contribution in [-0.2, 0) is 11.2 Å². The Balaban J connectivity index is 1.96. The van der Waals surface area contributed by atoms with Gasteiger partial charge in [0.1, 0.15) is 16.9 Å². The highest BCUT2D eigenvalue weighted by atomic mass is 19.1. The zero-order valence-electron chi connectivity index (χ0n) is 16.7. The van der Waals surface area contributed by atoms with E-state index in [1.807, 2.05) is 42.6 Å². The fourth-order valence-corrected chi connectivity index (χ4v) is 3.68. The van der Waals surface area contributed by atoms with Gasteiger partial charge in [0.15, 0.2) is 0 Å². The fraction of sp³-hybridized carbons (Fsp3) is 0.167.